The summed E-state index contributed by atoms with van der Waals surface area (Å²) in [5.74, 6) is 0. The molecule has 0 aromatic heterocycles. The summed E-state index contributed by atoms with van der Waals surface area (Å²) in [6, 6.07) is 14.1. The monoisotopic (exact) mass is 253 g/mol. The molecule has 98 valence electrons. The Morgan fingerprint density at radius 3 is 1.89 bits per heavy atom. The van der Waals surface area contributed by atoms with Crippen LogP contribution in [-0.4, -0.2) is 26.2 Å². The van der Waals surface area contributed by atoms with Gasteiger partial charge in [-0.1, -0.05) is 36.4 Å². The second-order valence-electron chi connectivity index (χ2n) is 5.41. The van der Waals surface area contributed by atoms with Gasteiger partial charge in [0.25, 0.3) is 0 Å². The third-order valence-electron chi connectivity index (χ3n) is 4.30. The van der Waals surface area contributed by atoms with E-state index in [-0.39, 0.29) is 0 Å². The van der Waals surface area contributed by atoms with Crippen molar-refractivity contribution in [3.8, 4) is 0 Å². The molecular formula is C16H19N3. The number of nitrogens with one attached hydrogen (secondary N) is 3. The first kappa shape index (κ1) is 11.4. The first-order valence-corrected chi connectivity index (χ1v) is 7.14. The van der Waals surface area contributed by atoms with Crippen molar-refractivity contribution in [1.82, 2.24) is 16.0 Å². The Morgan fingerprint density at radius 1 is 0.737 bits per heavy atom. The fraction of sp³-hybridized carbons (Fsp3) is 0.375. The lowest BCUT2D eigenvalue weighted by Crippen LogP contribution is -2.33. The average Bonchev–Trinajstić information content (AvgIpc) is 2.80. The molecule has 1 saturated heterocycles. The average molecular weight is 253 g/mol. The zero-order valence-corrected chi connectivity index (χ0v) is 10.9. The molecule has 3 heteroatoms. The molecule has 0 unspecified atom stereocenters. The number of benzene rings is 2. The highest BCUT2D eigenvalue weighted by atomic mass is 15.1. The van der Waals surface area contributed by atoms with E-state index in [1.807, 2.05) is 0 Å². The SMILES string of the molecule is c1cc2c3c(cccc3c1)[C@@H]1NCCNCCN[C@H]21. The predicted molar refractivity (Wildman–Crippen MR) is 78.3 cm³/mol. The highest BCUT2D eigenvalue weighted by Gasteiger charge is 2.33. The Kier molecular flexibility index (Phi) is 2.76. The first-order chi connectivity index (χ1) is 9.45. The van der Waals surface area contributed by atoms with Gasteiger partial charge in [0.05, 0.1) is 12.1 Å². The van der Waals surface area contributed by atoms with Crippen LogP contribution in [0.3, 0.4) is 0 Å². The lowest BCUT2D eigenvalue weighted by Gasteiger charge is -2.23. The van der Waals surface area contributed by atoms with Gasteiger partial charge in [-0.2, -0.15) is 0 Å². The smallest absolute Gasteiger partial charge is 0.0525 e. The van der Waals surface area contributed by atoms with E-state index in [9.17, 15) is 0 Å². The summed E-state index contributed by atoms with van der Waals surface area (Å²) >= 11 is 0. The summed E-state index contributed by atoms with van der Waals surface area (Å²) in [7, 11) is 0. The predicted octanol–water partition coefficient (Wildman–Crippen LogP) is 1.72. The van der Waals surface area contributed by atoms with E-state index in [0.29, 0.717) is 12.1 Å². The largest absolute Gasteiger partial charge is 0.314 e. The minimum absolute atomic E-state index is 0.404. The van der Waals surface area contributed by atoms with Gasteiger partial charge in [-0.25, -0.2) is 0 Å². The summed E-state index contributed by atoms with van der Waals surface area (Å²) in [5.41, 5.74) is 2.90. The molecule has 2 aromatic rings. The molecule has 1 fully saturated rings. The molecule has 1 aliphatic carbocycles. The number of hydrogen-bond donors (Lipinski definition) is 3. The molecule has 3 N–H and O–H groups in total. The maximum Gasteiger partial charge on any atom is 0.0525 e. The Labute approximate surface area is 113 Å². The Balaban J connectivity index is 1.86. The van der Waals surface area contributed by atoms with Crippen LogP contribution < -0.4 is 16.0 Å². The molecule has 2 atom stereocenters. The first-order valence-electron chi connectivity index (χ1n) is 7.14. The molecule has 19 heavy (non-hydrogen) atoms. The fourth-order valence-electron chi connectivity index (χ4n) is 3.49. The van der Waals surface area contributed by atoms with Gasteiger partial charge in [0.2, 0.25) is 0 Å². The van der Waals surface area contributed by atoms with E-state index in [0.717, 1.165) is 26.2 Å². The van der Waals surface area contributed by atoms with Crippen LogP contribution in [0, 0.1) is 0 Å². The third kappa shape index (κ3) is 1.77. The van der Waals surface area contributed by atoms with Crippen LogP contribution in [0.25, 0.3) is 10.8 Å². The van der Waals surface area contributed by atoms with Crippen molar-refractivity contribution in [1.29, 1.82) is 0 Å². The highest BCUT2D eigenvalue weighted by Crippen LogP contribution is 2.43. The second kappa shape index (κ2) is 4.60. The van der Waals surface area contributed by atoms with E-state index >= 15 is 0 Å². The lowest BCUT2D eigenvalue weighted by molar-refractivity contribution is 0.419. The molecule has 4 rings (SSSR count). The third-order valence-corrected chi connectivity index (χ3v) is 4.30. The second-order valence-corrected chi connectivity index (χ2v) is 5.41. The Hall–Kier alpha value is -1.42. The number of fused-ring (bicyclic) bond motifs is 3. The van der Waals surface area contributed by atoms with Gasteiger partial charge >= 0.3 is 0 Å². The van der Waals surface area contributed by atoms with Crippen LogP contribution in [0.15, 0.2) is 36.4 Å². The standard InChI is InChI=1S/C16H19N3/c1-3-11-4-2-6-13-14(11)12(5-1)15-16(13)19-10-8-17-7-9-18-15/h1-6,15-19H,7-10H2/t15-,16+. The molecule has 2 aliphatic rings. The topological polar surface area (TPSA) is 36.1 Å². The molecule has 0 spiro atoms. The van der Waals surface area contributed by atoms with Gasteiger partial charge in [0.15, 0.2) is 0 Å². The molecule has 1 aliphatic heterocycles. The molecule has 2 aromatic carbocycles. The molecular weight excluding hydrogens is 234 g/mol. The van der Waals surface area contributed by atoms with E-state index in [1.165, 1.54) is 21.9 Å². The van der Waals surface area contributed by atoms with Crippen LogP contribution in [0.2, 0.25) is 0 Å². The van der Waals surface area contributed by atoms with Gasteiger partial charge in [-0.05, 0) is 21.9 Å². The zero-order chi connectivity index (χ0) is 12.7. The van der Waals surface area contributed by atoms with Crippen LogP contribution in [0.5, 0.6) is 0 Å². The van der Waals surface area contributed by atoms with Gasteiger partial charge in [-0.3, -0.25) is 0 Å². The molecule has 3 nitrogen and oxygen atoms in total. The van der Waals surface area contributed by atoms with Crippen molar-refractivity contribution >= 4 is 10.8 Å². The van der Waals surface area contributed by atoms with E-state index < -0.39 is 0 Å². The van der Waals surface area contributed by atoms with Crippen molar-refractivity contribution in [2.75, 3.05) is 26.2 Å². The van der Waals surface area contributed by atoms with Gasteiger partial charge in [0, 0.05) is 26.2 Å². The molecule has 0 radical (unpaired) electrons. The minimum Gasteiger partial charge on any atom is -0.314 e. The summed E-state index contributed by atoms with van der Waals surface area (Å²) in [4.78, 5) is 0. The lowest BCUT2D eigenvalue weighted by atomic mass is 10.0. The van der Waals surface area contributed by atoms with E-state index in [4.69, 9.17) is 0 Å². The summed E-state index contributed by atoms with van der Waals surface area (Å²) in [5, 5.41) is 13.7. The Bertz CT molecular complexity index is 559. The Morgan fingerprint density at radius 2 is 1.32 bits per heavy atom. The van der Waals surface area contributed by atoms with Crippen molar-refractivity contribution in [3.05, 3.63) is 47.5 Å². The summed E-state index contributed by atoms with van der Waals surface area (Å²) in [6.45, 7) is 4.12. The van der Waals surface area contributed by atoms with Crippen molar-refractivity contribution in [3.63, 3.8) is 0 Å². The quantitative estimate of drug-likeness (QED) is 0.669. The van der Waals surface area contributed by atoms with Crippen molar-refractivity contribution in [2.45, 2.75) is 12.1 Å². The molecule has 1 heterocycles. The van der Waals surface area contributed by atoms with Crippen LogP contribution in [0.1, 0.15) is 23.2 Å². The molecule has 0 amide bonds. The number of hydrogen-bond acceptors (Lipinski definition) is 3. The van der Waals surface area contributed by atoms with E-state index in [2.05, 4.69) is 52.3 Å². The van der Waals surface area contributed by atoms with Crippen LogP contribution in [-0.2, 0) is 0 Å². The van der Waals surface area contributed by atoms with Gasteiger partial charge in [0.1, 0.15) is 0 Å². The fourth-order valence-corrected chi connectivity index (χ4v) is 3.49. The van der Waals surface area contributed by atoms with Gasteiger partial charge < -0.3 is 16.0 Å². The van der Waals surface area contributed by atoms with Crippen LogP contribution in [0.4, 0.5) is 0 Å². The van der Waals surface area contributed by atoms with Crippen molar-refractivity contribution < 1.29 is 0 Å². The van der Waals surface area contributed by atoms with Crippen LogP contribution >= 0.6 is 0 Å². The van der Waals surface area contributed by atoms with E-state index in [1.54, 1.807) is 0 Å². The normalized spacial score (nSPS) is 26.5. The zero-order valence-electron chi connectivity index (χ0n) is 10.9. The van der Waals surface area contributed by atoms with Crippen molar-refractivity contribution in [2.24, 2.45) is 0 Å². The number of rotatable bonds is 0. The summed E-state index contributed by atoms with van der Waals surface area (Å²) in [6.07, 6.45) is 0. The highest BCUT2D eigenvalue weighted by molar-refractivity contribution is 5.92. The molecule has 0 saturated carbocycles. The summed E-state index contributed by atoms with van der Waals surface area (Å²) < 4.78 is 0. The molecule has 0 bridgehead atoms. The maximum atomic E-state index is 3.71. The minimum atomic E-state index is 0.404. The maximum absolute atomic E-state index is 3.71. The van der Waals surface area contributed by atoms with Gasteiger partial charge in [-0.15, -0.1) is 0 Å².